The van der Waals surface area contributed by atoms with E-state index in [9.17, 15) is 4.39 Å². The lowest BCUT2D eigenvalue weighted by molar-refractivity contribution is 0.439. The number of hydrogen-bond donors (Lipinski definition) is 1. The molecule has 0 atom stereocenters. The van der Waals surface area contributed by atoms with Crippen molar-refractivity contribution in [2.75, 3.05) is 5.73 Å². The predicted molar refractivity (Wildman–Crippen MR) is 81.8 cm³/mol. The molecule has 0 aliphatic heterocycles. The summed E-state index contributed by atoms with van der Waals surface area (Å²) in [7, 11) is 0. The molecule has 0 amide bonds. The second kappa shape index (κ2) is 5.39. The Balaban J connectivity index is 2.27. The smallest absolute Gasteiger partial charge is 0.230 e. The van der Waals surface area contributed by atoms with Crippen LogP contribution in [0, 0.1) is 5.82 Å². The molecule has 6 heteroatoms. The number of rotatable bonds is 2. The van der Waals surface area contributed by atoms with Crippen LogP contribution in [0.1, 0.15) is 0 Å². The molecule has 106 valence electrons. The van der Waals surface area contributed by atoms with Gasteiger partial charge in [-0.3, -0.25) is 0 Å². The predicted octanol–water partition coefficient (Wildman–Crippen LogP) is 5.04. The van der Waals surface area contributed by atoms with E-state index in [1.165, 1.54) is 18.2 Å². The molecule has 0 fully saturated rings. The van der Waals surface area contributed by atoms with Crippen molar-refractivity contribution in [2.45, 2.75) is 0 Å². The van der Waals surface area contributed by atoms with Crippen LogP contribution in [-0.2, 0) is 0 Å². The van der Waals surface area contributed by atoms with E-state index in [4.69, 9.17) is 33.5 Å². The molecule has 21 heavy (non-hydrogen) atoms. The van der Waals surface area contributed by atoms with Crippen molar-refractivity contribution in [3.63, 3.8) is 0 Å². The van der Waals surface area contributed by atoms with Crippen molar-refractivity contribution >= 4 is 29.1 Å². The molecule has 3 rings (SSSR count). The highest BCUT2D eigenvalue weighted by atomic mass is 35.5. The fraction of sp³-hybridized carbons (Fsp3) is 0. The third-order valence-corrected chi connectivity index (χ3v) is 3.61. The van der Waals surface area contributed by atoms with Crippen LogP contribution in [0.15, 0.2) is 47.0 Å². The van der Waals surface area contributed by atoms with Gasteiger partial charge in [0.25, 0.3) is 0 Å². The number of hydrogen-bond acceptors (Lipinski definition) is 3. The van der Waals surface area contributed by atoms with Gasteiger partial charge in [-0.1, -0.05) is 46.6 Å². The first-order valence-corrected chi connectivity index (χ1v) is 6.79. The summed E-state index contributed by atoms with van der Waals surface area (Å²) in [5.74, 6) is -0.404. The summed E-state index contributed by atoms with van der Waals surface area (Å²) in [5.41, 5.74) is 7.36. The zero-order chi connectivity index (χ0) is 15.0. The molecule has 0 radical (unpaired) electrons. The highest BCUT2D eigenvalue weighted by molar-refractivity contribution is 6.33. The van der Waals surface area contributed by atoms with E-state index < -0.39 is 5.82 Å². The Morgan fingerprint density at radius 3 is 2.57 bits per heavy atom. The van der Waals surface area contributed by atoms with Crippen molar-refractivity contribution in [1.29, 1.82) is 0 Å². The largest absolute Gasteiger partial charge is 0.367 e. The summed E-state index contributed by atoms with van der Waals surface area (Å²) in [4.78, 5) is 0. The third kappa shape index (κ3) is 2.48. The van der Waals surface area contributed by atoms with Crippen LogP contribution < -0.4 is 5.73 Å². The average Bonchev–Trinajstić information content (AvgIpc) is 2.84. The van der Waals surface area contributed by atoms with E-state index in [0.29, 0.717) is 21.2 Å². The molecule has 0 aliphatic carbocycles. The highest BCUT2D eigenvalue weighted by Gasteiger charge is 2.21. The number of nitrogen functional groups attached to an aromatic ring is 1. The summed E-state index contributed by atoms with van der Waals surface area (Å²) < 4.78 is 19.1. The summed E-state index contributed by atoms with van der Waals surface area (Å²) in [6, 6.07) is 11.2. The number of aromatic nitrogens is 1. The van der Waals surface area contributed by atoms with Gasteiger partial charge in [0.15, 0.2) is 0 Å². The number of anilines is 1. The molecule has 1 heterocycles. The Kier molecular flexibility index (Phi) is 3.57. The van der Waals surface area contributed by atoms with Crippen LogP contribution in [0.5, 0.6) is 0 Å². The second-order valence-corrected chi connectivity index (χ2v) is 5.22. The zero-order valence-corrected chi connectivity index (χ0v) is 12.1. The van der Waals surface area contributed by atoms with E-state index >= 15 is 0 Å². The Morgan fingerprint density at radius 2 is 1.81 bits per heavy atom. The van der Waals surface area contributed by atoms with E-state index in [1.807, 2.05) is 0 Å². The van der Waals surface area contributed by atoms with Crippen LogP contribution in [-0.4, -0.2) is 5.16 Å². The Hall–Kier alpha value is -2.04. The molecular weight excluding hydrogens is 314 g/mol. The number of nitrogens with two attached hydrogens (primary N) is 1. The molecule has 0 bridgehead atoms. The SMILES string of the molecule is Nc1onc(-c2cc(Cl)ccc2F)c1-c1ccccc1Cl. The zero-order valence-electron chi connectivity index (χ0n) is 10.6. The molecule has 1 aromatic heterocycles. The quantitative estimate of drug-likeness (QED) is 0.719. The lowest BCUT2D eigenvalue weighted by atomic mass is 10.0. The normalized spacial score (nSPS) is 10.8. The molecule has 0 unspecified atom stereocenters. The van der Waals surface area contributed by atoms with E-state index in [1.54, 1.807) is 24.3 Å². The van der Waals surface area contributed by atoms with E-state index in [0.717, 1.165) is 0 Å². The van der Waals surface area contributed by atoms with Gasteiger partial charge in [-0.05, 0) is 24.3 Å². The molecule has 3 aromatic rings. The second-order valence-electron chi connectivity index (χ2n) is 4.37. The van der Waals surface area contributed by atoms with Gasteiger partial charge in [0.2, 0.25) is 5.88 Å². The lowest BCUT2D eigenvalue weighted by Crippen LogP contribution is -1.91. The van der Waals surface area contributed by atoms with Crippen LogP contribution in [0.3, 0.4) is 0 Å². The highest BCUT2D eigenvalue weighted by Crippen LogP contribution is 2.40. The first-order valence-electron chi connectivity index (χ1n) is 6.03. The minimum atomic E-state index is -0.471. The number of benzene rings is 2. The van der Waals surface area contributed by atoms with Crippen molar-refractivity contribution < 1.29 is 8.91 Å². The summed E-state index contributed by atoms with van der Waals surface area (Å²) in [5, 5.41) is 4.70. The third-order valence-electron chi connectivity index (χ3n) is 3.05. The van der Waals surface area contributed by atoms with Gasteiger partial charge < -0.3 is 10.3 Å². The molecular formula is C15H9Cl2FN2O. The first kappa shape index (κ1) is 13.9. The van der Waals surface area contributed by atoms with Gasteiger partial charge in [0, 0.05) is 21.2 Å². The Bertz CT molecular complexity index is 817. The fourth-order valence-electron chi connectivity index (χ4n) is 2.09. The van der Waals surface area contributed by atoms with Gasteiger partial charge in [-0.15, -0.1) is 0 Å². The number of halogens is 3. The van der Waals surface area contributed by atoms with Crippen LogP contribution >= 0.6 is 23.2 Å². The molecule has 0 saturated carbocycles. The lowest BCUT2D eigenvalue weighted by Gasteiger charge is -2.06. The maximum Gasteiger partial charge on any atom is 0.230 e. The maximum atomic E-state index is 14.0. The topological polar surface area (TPSA) is 52.0 Å². The van der Waals surface area contributed by atoms with Gasteiger partial charge >= 0.3 is 0 Å². The molecule has 3 nitrogen and oxygen atoms in total. The molecule has 0 saturated heterocycles. The first-order chi connectivity index (χ1) is 10.1. The van der Waals surface area contributed by atoms with Gasteiger partial charge in [0.05, 0.1) is 5.56 Å². The van der Waals surface area contributed by atoms with Gasteiger partial charge in [-0.25, -0.2) is 4.39 Å². The Labute approximate surface area is 130 Å². The van der Waals surface area contributed by atoms with Crippen molar-refractivity contribution in [2.24, 2.45) is 0 Å². The van der Waals surface area contributed by atoms with Crippen LogP contribution in [0.25, 0.3) is 22.4 Å². The van der Waals surface area contributed by atoms with Crippen LogP contribution in [0.4, 0.5) is 10.3 Å². The average molecular weight is 323 g/mol. The van der Waals surface area contributed by atoms with Gasteiger partial charge in [-0.2, -0.15) is 0 Å². The minimum Gasteiger partial charge on any atom is -0.367 e. The number of nitrogens with zero attached hydrogens (tertiary/aromatic N) is 1. The van der Waals surface area contributed by atoms with Crippen molar-refractivity contribution in [1.82, 2.24) is 5.16 Å². The summed E-state index contributed by atoms with van der Waals surface area (Å²) in [6.45, 7) is 0. The summed E-state index contributed by atoms with van der Waals surface area (Å²) in [6.07, 6.45) is 0. The van der Waals surface area contributed by atoms with E-state index in [2.05, 4.69) is 5.16 Å². The molecule has 0 aliphatic rings. The summed E-state index contributed by atoms with van der Waals surface area (Å²) >= 11 is 12.1. The minimum absolute atomic E-state index is 0.0671. The van der Waals surface area contributed by atoms with E-state index in [-0.39, 0.29) is 17.1 Å². The maximum absolute atomic E-state index is 14.0. The fourth-order valence-corrected chi connectivity index (χ4v) is 2.49. The molecule has 2 aromatic carbocycles. The Morgan fingerprint density at radius 1 is 1.05 bits per heavy atom. The van der Waals surface area contributed by atoms with Gasteiger partial charge in [0.1, 0.15) is 11.5 Å². The monoisotopic (exact) mass is 322 g/mol. The van der Waals surface area contributed by atoms with Crippen molar-refractivity contribution in [3.05, 3.63) is 58.3 Å². The van der Waals surface area contributed by atoms with Crippen molar-refractivity contribution in [3.8, 4) is 22.4 Å². The van der Waals surface area contributed by atoms with Crippen LogP contribution in [0.2, 0.25) is 10.0 Å². The standard InChI is InChI=1S/C15H9Cl2FN2O/c16-8-5-6-12(18)10(7-8)14-13(15(19)21-20-14)9-3-1-2-4-11(9)17/h1-7H,19H2. The molecule has 0 spiro atoms. The molecule has 2 N–H and O–H groups in total.